The number of methoxy groups -OCH3 is 5. The minimum atomic E-state index is -0.623. The van der Waals surface area contributed by atoms with Crippen molar-refractivity contribution in [2.24, 2.45) is 5.73 Å². The first kappa shape index (κ1) is 60.2. The molecular formula is C52H72BrClN12O8. The van der Waals surface area contributed by atoms with Gasteiger partial charge in [0.15, 0.2) is 5.82 Å². The number of aliphatic hydroxyl groups is 1. The van der Waals surface area contributed by atoms with Crippen LogP contribution in [0.4, 0.5) is 11.5 Å². The summed E-state index contributed by atoms with van der Waals surface area (Å²) in [7, 11) is 14.1. The molecule has 22 heteroatoms. The summed E-state index contributed by atoms with van der Waals surface area (Å²) in [5, 5.41) is 13.1. The monoisotopic (exact) mass is 1110 g/mol. The molecule has 6 aromatic rings. The van der Waals surface area contributed by atoms with Crippen molar-refractivity contribution in [1.82, 2.24) is 44.9 Å². The Morgan fingerprint density at radius 3 is 1.88 bits per heavy atom. The second-order valence-corrected chi connectivity index (χ2v) is 18.1. The van der Waals surface area contributed by atoms with E-state index in [1.165, 1.54) is 40.5 Å². The molecule has 3 aliphatic heterocycles. The molecule has 0 aliphatic carbocycles. The van der Waals surface area contributed by atoms with E-state index < -0.39 is 5.91 Å². The van der Waals surface area contributed by atoms with E-state index in [9.17, 15) is 14.7 Å². The number of nitrogens with zero attached hydrogens (tertiary/aromatic N) is 8. The van der Waals surface area contributed by atoms with Crippen LogP contribution in [-0.4, -0.2) is 173 Å². The van der Waals surface area contributed by atoms with E-state index in [0.29, 0.717) is 62.9 Å². The summed E-state index contributed by atoms with van der Waals surface area (Å²) in [6, 6.07) is 23.7. The Hall–Kier alpha value is -6.33. The number of aromatic amines is 1. The third kappa shape index (κ3) is 18.0. The first-order valence-corrected chi connectivity index (χ1v) is 24.7. The lowest BCUT2D eigenvalue weighted by Crippen LogP contribution is -2.44. The van der Waals surface area contributed by atoms with Gasteiger partial charge in [-0.15, -0.1) is 12.4 Å². The number of fused-ring (bicyclic) bond motifs is 1. The molecule has 0 saturated carbocycles. The van der Waals surface area contributed by atoms with Crippen molar-refractivity contribution in [2.45, 2.75) is 25.4 Å². The summed E-state index contributed by atoms with van der Waals surface area (Å²) in [6.45, 7) is 11.0. The number of nitrogen functional groups attached to an aromatic ring is 1. The van der Waals surface area contributed by atoms with Gasteiger partial charge in [-0.25, -0.2) is 15.0 Å². The number of rotatable bonds is 10. The van der Waals surface area contributed by atoms with Gasteiger partial charge in [-0.3, -0.25) is 9.59 Å². The Kier molecular flexibility index (Phi) is 25.0. The molecule has 9 rings (SSSR count). The topological polar surface area (TPSA) is 245 Å². The molecule has 402 valence electrons. The Morgan fingerprint density at radius 1 is 0.716 bits per heavy atom. The number of H-pyrrole nitrogens is 1. The number of ether oxygens (including phenoxy) is 5. The standard InChI is InChI=1S/C21H24N4O3.C11H17N3O.C9H12N2O3.C6H6BrNO.C5H12N2.ClH/c1-25-8-6-14(7-9-25)15-4-3-5-16(22-15)20-23-17-10-13(12-26)11-18(28-2)19(17)21(27)24-20;1-13-6-8-14(9-7-13)10-4-3-5-11(12-10)15-2;1-13-5-3-6(10)8(9(11)12)7(4-5)14-2;1-9-6-4-2-3-5(7)8-6;1-7-4-2-6-3-5-7;/h3-5,10-11,14,26H,6-9,12H2,1-2H3,(H,23,24,27);3-5H,6-9H2,1-2H3;3-4H,10H2,1-2H3,(H2,11,12);2-4H,1H3;6H,2-5H2,1H3;1H. The number of nitrogens with one attached hydrogen (secondary N) is 2. The van der Waals surface area contributed by atoms with Crippen LogP contribution < -0.4 is 50.9 Å². The highest BCUT2D eigenvalue weighted by Crippen LogP contribution is 2.31. The van der Waals surface area contributed by atoms with E-state index in [1.807, 2.05) is 48.5 Å². The number of halogens is 2. The van der Waals surface area contributed by atoms with Crippen molar-refractivity contribution in [3.05, 3.63) is 111 Å². The smallest absolute Gasteiger partial charge is 0.262 e. The molecule has 3 saturated heterocycles. The molecule has 0 unspecified atom stereocenters. The minimum absolute atomic E-state index is 0. The molecule has 4 aromatic heterocycles. The maximum atomic E-state index is 12.7. The Labute approximate surface area is 448 Å². The van der Waals surface area contributed by atoms with Crippen molar-refractivity contribution in [3.8, 4) is 40.5 Å². The molecule has 0 spiro atoms. The summed E-state index contributed by atoms with van der Waals surface area (Å²) >= 11 is 3.21. The fourth-order valence-corrected chi connectivity index (χ4v) is 8.27. The predicted octanol–water partition coefficient (Wildman–Crippen LogP) is 5.32. The van der Waals surface area contributed by atoms with Crippen LogP contribution >= 0.6 is 28.3 Å². The molecule has 74 heavy (non-hydrogen) atoms. The first-order valence-electron chi connectivity index (χ1n) is 23.9. The van der Waals surface area contributed by atoms with Gasteiger partial charge in [-0.05, 0) is 105 Å². The number of carbonyl (C=O) groups excluding carboxylic acids is 1. The van der Waals surface area contributed by atoms with Crippen molar-refractivity contribution in [3.63, 3.8) is 0 Å². The van der Waals surface area contributed by atoms with Gasteiger partial charge < -0.3 is 70.2 Å². The zero-order valence-electron chi connectivity index (χ0n) is 43.6. The van der Waals surface area contributed by atoms with Gasteiger partial charge in [-0.2, -0.15) is 4.98 Å². The molecule has 3 aliphatic rings. The first-order chi connectivity index (χ1) is 35.2. The van der Waals surface area contributed by atoms with Crippen molar-refractivity contribution in [2.75, 3.05) is 133 Å². The number of pyridine rings is 3. The predicted molar refractivity (Wildman–Crippen MR) is 297 cm³/mol. The molecular weight excluding hydrogens is 1040 g/mol. The quantitative estimate of drug-likeness (QED) is 0.0861. The Bertz CT molecular complexity index is 2740. The molecule has 0 radical (unpaired) electrons. The number of hydrogen-bond donors (Lipinski definition) is 5. The summed E-state index contributed by atoms with van der Waals surface area (Å²) in [4.78, 5) is 53.7. The van der Waals surface area contributed by atoms with Gasteiger partial charge in [0.05, 0.1) is 53.4 Å². The highest BCUT2D eigenvalue weighted by molar-refractivity contribution is 9.10. The highest BCUT2D eigenvalue weighted by Gasteiger charge is 2.21. The van der Waals surface area contributed by atoms with Crippen LogP contribution in [0.5, 0.6) is 29.0 Å². The van der Waals surface area contributed by atoms with E-state index in [4.69, 9.17) is 40.1 Å². The second-order valence-electron chi connectivity index (χ2n) is 17.3. The van der Waals surface area contributed by atoms with Gasteiger partial charge in [0, 0.05) is 88.2 Å². The number of amides is 1. The number of piperazine rings is 2. The summed E-state index contributed by atoms with van der Waals surface area (Å²) in [5.74, 6) is 3.78. The van der Waals surface area contributed by atoms with E-state index in [2.05, 4.69) is 81.9 Å². The summed E-state index contributed by atoms with van der Waals surface area (Å²) in [6.07, 6.45) is 2.15. The molecule has 7 heterocycles. The van der Waals surface area contributed by atoms with Gasteiger partial charge in [0.2, 0.25) is 11.8 Å². The van der Waals surface area contributed by atoms with Crippen LogP contribution in [0.15, 0.2) is 88.3 Å². The van der Waals surface area contributed by atoms with E-state index in [1.54, 1.807) is 38.5 Å². The van der Waals surface area contributed by atoms with E-state index in [-0.39, 0.29) is 35.8 Å². The molecule has 0 atom stereocenters. The maximum Gasteiger partial charge on any atom is 0.262 e. The zero-order chi connectivity index (χ0) is 52.9. The van der Waals surface area contributed by atoms with Crippen LogP contribution in [0.3, 0.4) is 0 Å². The number of likely N-dealkylation sites (N-methyl/N-ethyl adjacent to an activating group) is 2. The van der Waals surface area contributed by atoms with Crippen molar-refractivity contribution < 1.29 is 33.6 Å². The van der Waals surface area contributed by atoms with Gasteiger partial charge in [0.1, 0.15) is 44.3 Å². The highest BCUT2D eigenvalue weighted by atomic mass is 79.9. The number of benzene rings is 2. The van der Waals surface area contributed by atoms with Crippen LogP contribution in [0.1, 0.15) is 40.4 Å². The van der Waals surface area contributed by atoms with Crippen LogP contribution in [-0.2, 0) is 6.61 Å². The van der Waals surface area contributed by atoms with E-state index >= 15 is 0 Å². The molecule has 0 bridgehead atoms. The maximum absolute atomic E-state index is 12.7. The number of piperidine rings is 1. The lowest BCUT2D eigenvalue weighted by molar-refractivity contribution is 0.0998. The lowest BCUT2D eigenvalue weighted by Gasteiger charge is -2.33. The van der Waals surface area contributed by atoms with Crippen molar-refractivity contribution >= 4 is 56.7 Å². The lowest BCUT2D eigenvalue weighted by atomic mass is 9.93. The number of aromatic nitrogens is 5. The summed E-state index contributed by atoms with van der Waals surface area (Å²) < 4.78 is 26.0. The number of primary amides is 1. The minimum Gasteiger partial charge on any atom is -0.497 e. The molecule has 7 N–H and O–H groups in total. The zero-order valence-corrected chi connectivity index (χ0v) is 46.0. The average Bonchev–Trinajstić information content (AvgIpc) is 3.41. The molecule has 20 nitrogen and oxygen atoms in total. The normalized spacial score (nSPS) is 14.9. The van der Waals surface area contributed by atoms with Crippen molar-refractivity contribution in [1.29, 1.82) is 0 Å². The van der Waals surface area contributed by atoms with Crippen LogP contribution in [0.25, 0.3) is 22.4 Å². The van der Waals surface area contributed by atoms with Gasteiger partial charge >= 0.3 is 0 Å². The molecule has 2 aromatic carbocycles. The van der Waals surface area contributed by atoms with Crippen LogP contribution in [0.2, 0.25) is 0 Å². The third-order valence-corrected chi connectivity index (χ3v) is 12.6. The fraction of sp³-hybridized carbons (Fsp3) is 0.423. The number of anilines is 2. The molecule has 3 fully saturated rings. The van der Waals surface area contributed by atoms with Crippen LogP contribution in [0, 0.1) is 0 Å². The number of nitrogens with two attached hydrogens (primary N) is 2. The third-order valence-electron chi connectivity index (χ3n) is 12.2. The average molecular weight is 1110 g/mol. The molecule has 1 amide bonds. The second kappa shape index (κ2) is 30.8. The number of aliphatic hydroxyl groups excluding tert-OH is 1. The Morgan fingerprint density at radius 2 is 1.32 bits per heavy atom. The fourth-order valence-electron chi connectivity index (χ4n) is 7.94. The summed E-state index contributed by atoms with van der Waals surface area (Å²) in [5.41, 5.74) is 13.7. The van der Waals surface area contributed by atoms with E-state index in [0.717, 1.165) is 81.3 Å². The number of likely N-dealkylation sites (tertiary alicyclic amines) is 1. The van der Waals surface area contributed by atoms with Gasteiger partial charge in [0.25, 0.3) is 11.5 Å². The largest absolute Gasteiger partial charge is 0.497 e. The SMILES string of the molecule is CN1CCNCC1.COc1cc(CO)cc2nc(-c3cccc(C4CCN(C)CC4)n3)[nH]c(=O)c12.COc1cc(N)c(C(N)=O)c(OC)c1.COc1cccc(Br)n1.COc1cccc(N2CCN(C)CC2)n1.Cl. The number of hydrogen-bond acceptors (Lipinski definition) is 18. The number of carbonyl (C=O) groups is 1. The van der Waals surface area contributed by atoms with Gasteiger partial charge in [-0.1, -0.05) is 18.2 Å². The Balaban J connectivity index is 0.000000219.